The van der Waals surface area contributed by atoms with Crippen molar-refractivity contribution in [3.8, 4) is 11.5 Å². The molecule has 3 rings (SSSR count). The number of phenols is 1. The first-order valence-electron chi connectivity index (χ1n) is 9.39. The maximum Gasteiger partial charge on any atom is 0.238 e. The predicted octanol–water partition coefficient (Wildman–Crippen LogP) is 2.79. The molecule has 0 saturated carbocycles. The predicted molar refractivity (Wildman–Crippen MR) is 104 cm³/mol. The van der Waals surface area contributed by atoms with Crippen molar-refractivity contribution in [1.29, 1.82) is 0 Å². The third kappa shape index (κ3) is 4.99. The van der Waals surface area contributed by atoms with Gasteiger partial charge in [0.25, 0.3) is 0 Å². The van der Waals surface area contributed by atoms with Gasteiger partial charge in [-0.2, -0.15) is 0 Å². The number of ether oxygens (including phenoxy) is 1. The van der Waals surface area contributed by atoms with Gasteiger partial charge in [0, 0.05) is 12.1 Å². The molecule has 1 saturated heterocycles. The molecule has 6 nitrogen and oxygen atoms in total. The Bertz CT molecular complexity index is 781. The lowest BCUT2D eigenvalue weighted by Gasteiger charge is -2.14. The van der Waals surface area contributed by atoms with Gasteiger partial charge in [0.15, 0.2) is 0 Å². The summed E-state index contributed by atoms with van der Waals surface area (Å²) in [5.74, 6) is 0.973. The third-order valence-corrected chi connectivity index (χ3v) is 4.81. The monoisotopic (exact) mass is 369 g/mol. The summed E-state index contributed by atoms with van der Waals surface area (Å²) in [4.78, 5) is 12.5. The lowest BCUT2D eigenvalue weighted by molar-refractivity contribution is -0.123. The molecule has 144 valence electrons. The Morgan fingerprint density at radius 1 is 1.26 bits per heavy atom. The van der Waals surface area contributed by atoms with Crippen LogP contribution in [0.3, 0.4) is 0 Å². The average molecular weight is 369 g/mol. The molecule has 1 amide bonds. The highest BCUT2D eigenvalue weighted by Crippen LogP contribution is 2.29. The van der Waals surface area contributed by atoms with Crippen molar-refractivity contribution in [2.24, 2.45) is 0 Å². The Morgan fingerprint density at radius 2 is 2.07 bits per heavy atom. The second-order valence-electron chi connectivity index (χ2n) is 6.89. The molecule has 3 atom stereocenters. The highest BCUT2D eigenvalue weighted by atomic mass is 16.5. The number of phenolic OH excluding ortho intramolecular Hbond substituents is 1. The highest BCUT2D eigenvalue weighted by Gasteiger charge is 2.31. The molecule has 6 heteroatoms. The summed E-state index contributed by atoms with van der Waals surface area (Å²) in [7, 11) is 0. The summed E-state index contributed by atoms with van der Waals surface area (Å²) in [6.45, 7) is 4.56. The van der Waals surface area contributed by atoms with Gasteiger partial charge in [-0.3, -0.25) is 4.79 Å². The molecule has 0 aromatic heterocycles. The molecule has 0 bridgehead atoms. The summed E-state index contributed by atoms with van der Waals surface area (Å²) < 4.78 is 5.83. The van der Waals surface area contributed by atoms with E-state index in [2.05, 4.69) is 23.1 Å². The Morgan fingerprint density at radius 3 is 2.85 bits per heavy atom. The summed E-state index contributed by atoms with van der Waals surface area (Å²) in [5, 5.41) is 12.9. The molecule has 27 heavy (non-hydrogen) atoms. The van der Waals surface area contributed by atoms with Crippen LogP contribution >= 0.6 is 0 Å². The molecule has 3 unspecified atom stereocenters. The number of hydrazine groups is 1. The minimum absolute atomic E-state index is 0.0753. The Labute approximate surface area is 159 Å². The SMILES string of the molecule is CCC(C)Oc1cccc(CNC(=O)C2CC(c3ccccc3O)NN2)c1. The number of para-hydroxylation sites is 1. The number of aromatic hydroxyl groups is 1. The quantitative estimate of drug-likeness (QED) is 0.603. The molecule has 1 aliphatic rings. The van der Waals surface area contributed by atoms with Crippen molar-refractivity contribution < 1.29 is 14.6 Å². The molecule has 1 fully saturated rings. The maximum absolute atomic E-state index is 12.5. The van der Waals surface area contributed by atoms with Crippen LogP contribution in [0.15, 0.2) is 48.5 Å². The van der Waals surface area contributed by atoms with Gasteiger partial charge in [-0.25, -0.2) is 10.9 Å². The van der Waals surface area contributed by atoms with E-state index in [1.807, 2.05) is 43.3 Å². The summed E-state index contributed by atoms with van der Waals surface area (Å²) in [6, 6.07) is 14.5. The van der Waals surface area contributed by atoms with E-state index in [4.69, 9.17) is 4.74 Å². The van der Waals surface area contributed by atoms with Gasteiger partial charge in [-0.1, -0.05) is 37.3 Å². The summed E-state index contributed by atoms with van der Waals surface area (Å²) in [6.07, 6.45) is 1.68. The van der Waals surface area contributed by atoms with E-state index in [0.717, 1.165) is 23.3 Å². The molecule has 2 aromatic carbocycles. The number of carbonyl (C=O) groups excluding carboxylic acids is 1. The van der Waals surface area contributed by atoms with Crippen LogP contribution in [-0.4, -0.2) is 23.2 Å². The van der Waals surface area contributed by atoms with Crippen molar-refractivity contribution >= 4 is 5.91 Å². The zero-order valence-corrected chi connectivity index (χ0v) is 15.7. The Kier molecular flexibility index (Phi) is 6.32. The van der Waals surface area contributed by atoms with Crippen molar-refractivity contribution in [3.05, 3.63) is 59.7 Å². The van der Waals surface area contributed by atoms with Crippen LogP contribution in [0.5, 0.6) is 11.5 Å². The summed E-state index contributed by atoms with van der Waals surface area (Å²) in [5.41, 5.74) is 7.89. The lowest BCUT2D eigenvalue weighted by atomic mass is 10.0. The normalized spacial score (nSPS) is 20.2. The fraction of sp³-hybridized carbons (Fsp3) is 0.381. The van der Waals surface area contributed by atoms with Gasteiger partial charge in [-0.15, -0.1) is 0 Å². The lowest BCUT2D eigenvalue weighted by Crippen LogP contribution is -2.42. The molecule has 0 spiro atoms. The maximum atomic E-state index is 12.5. The first-order valence-corrected chi connectivity index (χ1v) is 9.39. The van der Waals surface area contributed by atoms with Crippen molar-refractivity contribution in [3.63, 3.8) is 0 Å². The van der Waals surface area contributed by atoms with E-state index < -0.39 is 0 Å². The molecular weight excluding hydrogens is 342 g/mol. The number of carbonyl (C=O) groups is 1. The summed E-state index contributed by atoms with van der Waals surface area (Å²) >= 11 is 0. The average Bonchev–Trinajstić information content (AvgIpc) is 3.16. The molecule has 1 heterocycles. The molecular formula is C21H27N3O3. The van der Waals surface area contributed by atoms with E-state index in [1.54, 1.807) is 12.1 Å². The fourth-order valence-corrected chi connectivity index (χ4v) is 3.07. The van der Waals surface area contributed by atoms with Crippen LogP contribution in [0.1, 0.15) is 43.9 Å². The minimum Gasteiger partial charge on any atom is -0.508 e. The Balaban J connectivity index is 1.53. The minimum atomic E-state index is -0.353. The first kappa shape index (κ1) is 19.2. The van der Waals surface area contributed by atoms with Crippen LogP contribution in [0.4, 0.5) is 0 Å². The topological polar surface area (TPSA) is 82.6 Å². The van der Waals surface area contributed by atoms with Crippen molar-refractivity contribution in [1.82, 2.24) is 16.2 Å². The van der Waals surface area contributed by atoms with Crippen LogP contribution in [-0.2, 0) is 11.3 Å². The van der Waals surface area contributed by atoms with Gasteiger partial charge in [0.1, 0.15) is 17.5 Å². The van der Waals surface area contributed by atoms with Crippen molar-refractivity contribution in [2.75, 3.05) is 0 Å². The van der Waals surface area contributed by atoms with Crippen LogP contribution < -0.4 is 20.9 Å². The number of amides is 1. The van der Waals surface area contributed by atoms with E-state index in [1.165, 1.54) is 0 Å². The second kappa shape index (κ2) is 8.88. The number of nitrogens with one attached hydrogen (secondary N) is 3. The van der Waals surface area contributed by atoms with E-state index in [-0.39, 0.29) is 29.8 Å². The van der Waals surface area contributed by atoms with Gasteiger partial charge in [0.05, 0.1) is 12.1 Å². The smallest absolute Gasteiger partial charge is 0.238 e. The molecule has 1 aliphatic heterocycles. The van der Waals surface area contributed by atoms with Crippen LogP contribution in [0, 0.1) is 0 Å². The highest BCUT2D eigenvalue weighted by molar-refractivity contribution is 5.82. The number of rotatable bonds is 7. The van der Waals surface area contributed by atoms with Crippen molar-refractivity contribution in [2.45, 2.75) is 51.4 Å². The first-order chi connectivity index (χ1) is 13.1. The second-order valence-corrected chi connectivity index (χ2v) is 6.89. The number of hydrogen-bond donors (Lipinski definition) is 4. The number of benzene rings is 2. The molecule has 4 N–H and O–H groups in total. The van der Waals surface area contributed by atoms with Gasteiger partial charge < -0.3 is 15.2 Å². The molecule has 0 radical (unpaired) electrons. The van der Waals surface area contributed by atoms with Crippen LogP contribution in [0.25, 0.3) is 0 Å². The van der Waals surface area contributed by atoms with Gasteiger partial charge in [0.2, 0.25) is 5.91 Å². The van der Waals surface area contributed by atoms with Gasteiger partial charge in [-0.05, 0) is 43.5 Å². The van der Waals surface area contributed by atoms with Crippen LogP contribution in [0.2, 0.25) is 0 Å². The molecule has 2 aromatic rings. The standard InChI is InChI=1S/C21H27N3O3/c1-3-14(2)27-16-8-6-7-15(11-16)13-22-21(26)19-12-18(23-24-19)17-9-4-5-10-20(17)25/h4-11,14,18-19,23-25H,3,12-13H2,1-2H3,(H,22,26). The Hall–Kier alpha value is -2.57. The zero-order chi connectivity index (χ0) is 19.2. The van der Waals surface area contributed by atoms with E-state index in [0.29, 0.717) is 13.0 Å². The van der Waals surface area contributed by atoms with E-state index >= 15 is 0 Å². The van der Waals surface area contributed by atoms with E-state index in [9.17, 15) is 9.90 Å². The third-order valence-electron chi connectivity index (χ3n) is 4.81. The zero-order valence-electron chi connectivity index (χ0n) is 15.7. The fourth-order valence-electron chi connectivity index (χ4n) is 3.07. The van der Waals surface area contributed by atoms with Gasteiger partial charge >= 0.3 is 0 Å². The largest absolute Gasteiger partial charge is 0.508 e. The number of hydrogen-bond acceptors (Lipinski definition) is 5. The molecule has 0 aliphatic carbocycles.